The monoisotopic (exact) mass is 366 g/mol. The maximum atomic E-state index is 9.45. The SMILES string of the molecule is [C-]#[N+]c1cnn(-c2nc(O)nc(O)n2)c1/N=N/c1c(C)nn2nc(C)[nH]c12. The molecule has 0 aliphatic rings. The van der Waals surface area contributed by atoms with Gasteiger partial charge in [-0.05, 0) is 13.8 Å². The first-order valence-corrected chi connectivity index (χ1v) is 7.40. The van der Waals surface area contributed by atoms with E-state index in [0.29, 0.717) is 22.9 Å². The van der Waals surface area contributed by atoms with Gasteiger partial charge in [0.2, 0.25) is 0 Å². The van der Waals surface area contributed by atoms with E-state index in [-0.39, 0.29) is 17.5 Å². The van der Waals surface area contributed by atoms with Crippen molar-refractivity contribution in [2.24, 2.45) is 10.2 Å². The molecule has 0 aromatic carbocycles. The topological polar surface area (TPSA) is 172 Å². The highest BCUT2D eigenvalue weighted by atomic mass is 16.3. The van der Waals surface area contributed by atoms with E-state index in [2.05, 4.69) is 50.3 Å². The minimum absolute atomic E-state index is 0.00462. The van der Waals surface area contributed by atoms with Gasteiger partial charge in [-0.2, -0.15) is 24.8 Å². The van der Waals surface area contributed by atoms with Gasteiger partial charge in [0.1, 0.15) is 5.82 Å². The normalized spacial score (nSPS) is 11.4. The number of nitrogens with zero attached hydrogens (tertiary/aromatic N) is 11. The smallest absolute Gasteiger partial charge is 0.321 e. The Kier molecular flexibility index (Phi) is 3.48. The summed E-state index contributed by atoms with van der Waals surface area (Å²) < 4.78 is 2.44. The van der Waals surface area contributed by atoms with Crippen molar-refractivity contribution >= 4 is 22.8 Å². The molecule has 0 bridgehead atoms. The highest BCUT2D eigenvalue weighted by Crippen LogP contribution is 2.33. The zero-order valence-corrected chi connectivity index (χ0v) is 13.9. The van der Waals surface area contributed by atoms with Crippen molar-refractivity contribution in [2.45, 2.75) is 13.8 Å². The molecule has 134 valence electrons. The molecule has 0 saturated carbocycles. The zero-order valence-electron chi connectivity index (χ0n) is 13.9. The number of rotatable bonds is 3. The standard InChI is InChI=1S/C13H10N12O2/c1-5-8(10-16-6(2)23-25(10)22-5)20-21-9-7(14-3)4-15-24(9)11-17-12(26)19-13(27)18-11/h4H,1-2H3,(H,16,23)(H2,17,18,19,26,27)/b21-20+. The number of fused-ring (bicyclic) bond motifs is 1. The molecule has 14 nitrogen and oxygen atoms in total. The highest BCUT2D eigenvalue weighted by molar-refractivity contribution is 5.67. The zero-order chi connectivity index (χ0) is 19.1. The maximum absolute atomic E-state index is 9.45. The number of aryl methyl sites for hydroxylation is 2. The average molecular weight is 366 g/mol. The molecule has 0 radical (unpaired) electrons. The van der Waals surface area contributed by atoms with Crippen LogP contribution in [0.3, 0.4) is 0 Å². The summed E-state index contributed by atoms with van der Waals surface area (Å²) in [7, 11) is 0. The van der Waals surface area contributed by atoms with Gasteiger partial charge in [-0.1, -0.05) is 0 Å². The summed E-state index contributed by atoms with van der Waals surface area (Å²) in [6, 6.07) is -1.41. The Morgan fingerprint density at radius 3 is 2.56 bits per heavy atom. The lowest BCUT2D eigenvalue weighted by Crippen LogP contribution is -2.03. The van der Waals surface area contributed by atoms with Crippen molar-refractivity contribution in [1.29, 1.82) is 0 Å². The Hall–Kier alpha value is -4.41. The number of aromatic amines is 1. The summed E-state index contributed by atoms with van der Waals surface area (Å²) in [5.74, 6) is 0.431. The second kappa shape index (κ2) is 5.84. The van der Waals surface area contributed by atoms with Crippen LogP contribution in [-0.2, 0) is 0 Å². The minimum atomic E-state index is -0.706. The Bertz CT molecular complexity index is 1220. The fourth-order valence-electron chi connectivity index (χ4n) is 2.33. The van der Waals surface area contributed by atoms with Crippen LogP contribution in [-0.4, -0.2) is 54.8 Å². The maximum Gasteiger partial charge on any atom is 0.321 e. The van der Waals surface area contributed by atoms with Gasteiger partial charge >= 0.3 is 12.0 Å². The van der Waals surface area contributed by atoms with Gasteiger partial charge < -0.3 is 15.2 Å². The molecular formula is C13H10N12O2. The second-order valence-electron chi connectivity index (χ2n) is 5.29. The summed E-state index contributed by atoms with van der Waals surface area (Å²) in [5, 5.41) is 39.5. The molecule has 0 unspecified atom stereocenters. The van der Waals surface area contributed by atoms with E-state index in [1.54, 1.807) is 13.8 Å². The number of aromatic hydroxyl groups is 2. The van der Waals surface area contributed by atoms with E-state index in [1.807, 2.05) is 0 Å². The van der Waals surface area contributed by atoms with Crippen LogP contribution in [0.2, 0.25) is 0 Å². The number of hydrogen-bond acceptors (Lipinski definition) is 10. The molecule has 4 aromatic heterocycles. The lowest BCUT2D eigenvalue weighted by Gasteiger charge is -2.02. The molecule has 27 heavy (non-hydrogen) atoms. The van der Waals surface area contributed by atoms with Crippen LogP contribution in [0.5, 0.6) is 12.0 Å². The van der Waals surface area contributed by atoms with Crippen molar-refractivity contribution in [3.63, 3.8) is 0 Å². The van der Waals surface area contributed by atoms with Gasteiger partial charge in [0.25, 0.3) is 11.6 Å². The van der Waals surface area contributed by atoms with Gasteiger partial charge in [0.05, 0.1) is 18.5 Å². The molecule has 0 amide bonds. The van der Waals surface area contributed by atoms with E-state index in [1.165, 1.54) is 10.8 Å². The quantitative estimate of drug-likeness (QED) is 0.360. The van der Waals surface area contributed by atoms with E-state index >= 15 is 0 Å². The molecular weight excluding hydrogens is 356 g/mol. The number of H-pyrrole nitrogens is 1. The predicted octanol–water partition coefficient (Wildman–Crippen LogP) is 1.42. The molecule has 4 heterocycles. The number of aromatic nitrogens is 9. The third-order valence-electron chi connectivity index (χ3n) is 3.44. The number of hydrogen-bond donors (Lipinski definition) is 3. The minimum Gasteiger partial charge on any atom is -0.479 e. The van der Waals surface area contributed by atoms with Crippen LogP contribution in [0.15, 0.2) is 16.4 Å². The van der Waals surface area contributed by atoms with Crippen LogP contribution >= 0.6 is 0 Å². The fourth-order valence-corrected chi connectivity index (χ4v) is 2.33. The molecule has 3 N–H and O–H groups in total. The first kappa shape index (κ1) is 16.1. The largest absolute Gasteiger partial charge is 0.479 e. The van der Waals surface area contributed by atoms with Gasteiger partial charge in [-0.25, -0.2) is 4.85 Å². The van der Waals surface area contributed by atoms with Crippen LogP contribution in [0.25, 0.3) is 16.4 Å². The van der Waals surface area contributed by atoms with Crippen molar-refractivity contribution < 1.29 is 10.2 Å². The molecule has 0 fully saturated rings. The van der Waals surface area contributed by atoms with E-state index < -0.39 is 12.0 Å². The van der Waals surface area contributed by atoms with Gasteiger partial charge in [-0.3, -0.25) is 0 Å². The average Bonchev–Trinajstić information content (AvgIpc) is 3.24. The molecule has 0 saturated heterocycles. The van der Waals surface area contributed by atoms with Crippen LogP contribution < -0.4 is 0 Å². The van der Waals surface area contributed by atoms with Crippen molar-refractivity contribution in [3.05, 3.63) is 29.1 Å². The molecule has 0 atom stereocenters. The molecule has 4 rings (SSSR count). The Balaban J connectivity index is 1.84. The van der Waals surface area contributed by atoms with Gasteiger partial charge in [-0.15, -0.1) is 24.9 Å². The molecule has 0 aliphatic carbocycles. The van der Waals surface area contributed by atoms with Gasteiger partial charge in [0, 0.05) is 0 Å². The van der Waals surface area contributed by atoms with E-state index in [9.17, 15) is 10.2 Å². The first-order valence-electron chi connectivity index (χ1n) is 7.40. The van der Waals surface area contributed by atoms with E-state index in [0.717, 1.165) is 4.68 Å². The molecule has 0 spiro atoms. The summed E-state index contributed by atoms with van der Waals surface area (Å²) in [5.41, 5.74) is 1.61. The molecule has 4 aromatic rings. The Morgan fingerprint density at radius 2 is 1.85 bits per heavy atom. The third kappa shape index (κ3) is 2.68. The molecule has 14 heteroatoms. The number of azo groups is 1. The van der Waals surface area contributed by atoms with E-state index in [4.69, 9.17) is 6.57 Å². The Morgan fingerprint density at radius 1 is 1.11 bits per heavy atom. The lowest BCUT2D eigenvalue weighted by atomic mass is 10.4. The lowest BCUT2D eigenvalue weighted by molar-refractivity contribution is 0.379. The second-order valence-corrected chi connectivity index (χ2v) is 5.29. The van der Waals surface area contributed by atoms with Crippen molar-refractivity contribution in [1.82, 2.24) is 44.5 Å². The molecule has 0 aliphatic heterocycles. The van der Waals surface area contributed by atoms with Crippen LogP contribution in [0.1, 0.15) is 11.5 Å². The highest BCUT2D eigenvalue weighted by Gasteiger charge is 2.18. The summed E-state index contributed by atoms with van der Waals surface area (Å²) in [4.78, 5) is 16.9. The number of nitrogens with one attached hydrogen (secondary N) is 1. The fraction of sp³-hybridized carbons (Fsp3) is 0.154. The van der Waals surface area contributed by atoms with Crippen LogP contribution in [0.4, 0.5) is 17.2 Å². The van der Waals surface area contributed by atoms with Crippen molar-refractivity contribution in [3.8, 4) is 18.0 Å². The Labute approximate surface area is 149 Å². The first-order chi connectivity index (χ1) is 13.0. The summed E-state index contributed by atoms with van der Waals surface area (Å²) >= 11 is 0. The predicted molar refractivity (Wildman–Crippen MR) is 87.5 cm³/mol. The van der Waals surface area contributed by atoms with Crippen molar-refractivity contribution in [2.75, 3.05) is 0 Å². The van der Waals surface area contributed by atoms with Crippen LogP contribution in [0, 0.1) is 20.4 Å². The van der Waals surface area contributed by atoms with Gasteiger partial charge in [0.15, 0.2) is 17.2 Å². The third-order valence-corrected chi connectivity index (χ3v) is 3.44. The summed E-state index contributed by atoms with van der Waals surface area (Å²) in [6.07, 6.45) is 1.24. The summed E-state index contributed by atoms with van der Waals surface area (Å²) in [6.45, 7) is 10.8.